The van der Waals surface area contributed by atoms with Crippen LogP contribution in [-0.4, -0.2) is 35.3 Å². The maximum atomic E-state index is 12.6. The van der Waals surface area contributed by atoms with Gasteiger partial charge in [0.2, 0.25) is 0 Å². The monoisotopic (exact) mass is 464 g/mol. The number of carboxylic acids is 1. The van der Waals surface area contributed by atoms with Crippen LogP contribution in [0, 0.1) is 0 Å². The number of fused-ring (bicyclic) bond motifs is 3. The summed E-state index contributed by atoms with van der Waals surface area (Å²) < 4.78 is 27.2. The van der Waals surface area contributed by atoms with E-state index in [2.05, 4.69) is 4.98 Å². The van der Waals surface area contributed by atoms with Crippen LogP contribution in [0.4, 0.5) is 0 Å². The fourth-order valence-electron chi connectivity index (χ4n) is 4.09. The van der Waals surface area contributed by atoms with Gasteiger partial charge in [0.15, 0.2) is 9.84 Å². The van der Waals surface area contributed by atoms with Crippen molar-refractivity contribution in [2.45, 2.75) is 52.8 Å². The lowest BCUT2D eigenvalue weighted by molar-refractivity contribution is -0.137. The summed E-state index contributed by atoms with van der Waals surface area (Å²) >= 11 is 7.46. The summed E-state index contributed by atoms with van der Waals surface area (Å²) in [5, 5.41) is 10.7. The number of hydrogen-bond donors (Lipinski definition) is 1. The van der Waals surface area contributed by atoms with Crippen LogP contribution in [0.1, 0.15) is 37.3 Å². The van der Waals surface area contributed by atoms with Gasteiger partial charge in [-0.15, -0.1) is 0 Å². The molecule has 6 nitrogen and oxygen atoms in total. The van der Waals surface area contributed by atoms with Crippen molar-refractivity contribution in [1.82, 2.24) is 9.55 Å². The minimum absolute atomic E-state index is 0.00128. The average molecular weight is 465 g/mol. The van der Waals surface area contributed by atoms with Crippen molar-refractivity contribution >= 4 is 50.2 Å². The van der Waals surface area contributed by atoms with Crippen molar-refractivity contribution in [3.05, 3.63) is 47.2 Å². The van der Waals surface area contributed by atoms with Crippen molar-refractivity contribution in [1.29, 1.82) is 0 Å². The Morgan fingerprint density at radius 3 is 2.67 bits per heavy atom. The zero-order valence-corrected chi connectivity index (χ0v) is 18.7. The number of nitrogens with zero attached hydrogens (tertiary/aromatic N) is 2. The molecule has 1 unspecified atom stereocenters. The highest BCUT2D eigenvalue weighted by Gasteiger charge is 2.31. The van der Waals surface area contributed by atoms with Gasteiger partial charge in [-0.25, -0.2) is 13.4 Å². The van der Waals surface area contributed by atoms with Crippen LogP contribution in [-0.2, 0) is 21.2 Å². The molecule has 0 spiro atoms. The zero-order valence-electron chi connectivity index (χ0n) is 16.3. The Morgan fingerprint density at radius 1 is 1.27 bits per heavy atom. The fraction of sp³-hybridized carbons (Fsp3) is 0.333. The van der Waals surface area contributed by atoms with Gasteiger partial charge in [0.1, 0.15) is 5.65 Å². The van der Waals surface area contributed by atoms with Gasteiger partial charge in [-0.05, 0) is 43.2 Å². The number of carbonyl (C=O) groups is 1. The average Bonchev–Trinajstić information content (AvgIpc) is 2.83. The fourth-order valence-corrected chi connectivity index (χ4v) is 6.34. The first kappa shape index (κ1) is 21.2. The van der Waals surface area contributed by atoms with Gasteiger partial charge in [-0.2, -0.15) is 0 Å². The van der Waals surface area contributed by atoms with E-state index >= 15 is 0 Å². The summed E-state index contributed by atoms with van der Waals surface area (Å²) in [5.74, 6) is -1.07. The molecule has 0 saturated heterocycles. The predicted molar refractivity (Wildman–Crippen MR) is 117 cm³/mol. The smallest absolute Gasteiger partial charge is 0.304 e. The van der Waals surface area contributed by atoms with Gasteiger partial charge >= 0.3 is 5.97 Å². The van der Waals surface area contributed by atoms with E-state index in [1.165, 1.54) is 30.3 Å². The number of halogens is 1. The molecular formula is C21H21ClN2O4S2. The zero-order chi connectivity index (χ0) is 21.5. The maximum Gasteiger partial charge on any atom is 0.304 e. The molecule has 1 N–H and O–H groups in total. The Balaban J connectivity index is 2.03. The number of sulfone groups is 1. The third-order valence-electron chi connectivity index (χ3n) is 5.32. The van der Waals surface area contributed by atoms with Crippen LogP contribution in [0.5, 0.6) is 0 Å². The number of aliphatic carboxylic acids is 1. The second-order valence-corrected chi connectivity index (χ2v) is 11.0. The first-order valence-electron chi connectivity index (χ1n) is 9.62. The molecular weight excluding hydrogens is 444 g/mol. The molecule has 30 heavy (non-hydrogen) atoms. The van der Waals surface area contributed by atoms with Gasteiger partial charge in [0, 0.05) is 45.4 Å². The van der Waals surface area contributed by atoms with Crippen molar-refractivity contribution < 1.29 is 18.3 Å². The molecule has 3 aromatic rings. The van der Waals surface area contributed by atoms with E-state index in [4.69, 9.17) is 11.6 Å². The summed E-state index contributed by atoms with van der Waals surface area (Å²) in [5.41, 5.74) is 1.47. The highest BCUT2D eigenvalue weighted by Crippen LogP contribution is 2.46. The molecule has 1 aromatic carbocycles. The lowest BCUT2D eigenvalue weighted by Crippen LogP contribution is -2.10. The predicted octanol–water partition coefficient (Wildman–Crippen LogP) is 4.99. The van der Waals surface area contributed by atoms with Gasteiger partial charge in [-0.3, -0.25) is 4.79 Å². The van der Waals surface area contributed by atoms with Crippen molar-refractivity contribution in [2.75, 3.05) is 6.26 Å². The lowest BCUT2D eigenvalue weighted by atomic mass is 9.96. The van der Waals surface area contributed by atoms with Gasteiger partial charge in [0.05, 0.1) is 16.7 Å². The largest absolute Gasteiger partial charge is 0.481 e. The molecule has 0 saturated carbocycles. The van der Waals surface area contributed by atoms with Crippen molar-refractivity contribution in [2.24, 2.45) is 0 Å². The van der Waals surface area contributed by atoms with E-state index in [0.29, 0.717) is 22.6 Å². The molecule has 1 aliphatic rings. The summed E-state index contributed by atoms with van der Waals surface area (Å²) in [6.07, 6.45) is 5.25. The SMILES string of the molecule is CS(=O)(=O)c1ccnc2c1c(Sc1ccc(Cl)cc1)c1n2CCCCC1CC(=O)O. The van der Waals surface area contributed by atoms with Crippen LogP contribution in [0.2, 0.25) is 5.02 Å². The topological polar surface area (TPSA) is 89.3 Å². The van der Waals surface area contributed by atoms with E-state index in [0.717, 1.165) is 34.7 Å². The molecule has 0 aliphatic carbocycles. The summed E-state index contributed by atoms with van der Waals surface area (Å²) in [7, 11) is -3.50. The molecule has 2 aromatic heterocycles. The van der Waals surface area contributed by atoms with Crippen LogP contribution in [0.15, 0.2) is 51.2 Å². The lowest BCUT2D eigenvalue weighted by Gasteiger charge is -2.16. The summed E-state index contributed by atoms with van der Waals surface area (Å²) in [6, 6.07) is 8.84. The molecule has 4 rings (SSSR count). The van der Waals surface area contributed by atoms with Crippen molar-refractivity contribution in [3.8, 4) is 0 Å². The Hall–Kier alpha value is -2.03. The number of rotatable bonds is 5. The van der Waals surface area contributed by atoms with E-state index in [1.54, 1.807) is 12.1 Å². The van der Waals surface area contributed by atoms with E-state index < -0.39 is 15.8 Å². The molecule has 9 heteroatoms. The van der Waals surface area contributed by atoms with Crippen LogP contribution in [0.25, 0.3) is 11.0 Å². The van der Waals surface area contributed by atoms with Crippen molar-refractivity contribution in [3.63, 3.8) is 0 Å². The molecule has 0 radical (unpaired) electrons. The third-order valence-corrected chi connectivity index (χ3v) is 7.84. The number of aromatic nitrogens is 2. The number of benzene rings is 1. The Labute approximate surface area is 184 Å². The first-order chi connectivity index (χ1) is 14.3. The van der Waals surface area contributed by atoms with E-state index in [9.17, 15) is 18.3 Å². The molecule has 0 bridgehead atoms. The minimum atomic E-state index is -3.50. The Kier molecular flexibility index (Phi) is 5.83. The quantitative estimate of drug-likeness (QED) is 0.572. The van der Waals surface area contributed by atoms with Crippen LogP contribution in [0.3, 0.4) is 0 Å². The normalized spacial score (nSPS) is 16.9. The first-order valence-corrected chi connectivity index (χ1v) is 12.7. The number of hydrogen-bond acceptors (Lipinski definition) is 5. The van der Waals surface area contributed by atoms with Gasteiger partial charge in [0.25, 0.3) is 0 Å². The van der Waals surface area contributed by atoms with Gasteiger partial charge < -0.3 is 9.67 Å². The van der Waals surface area contributed by atoms with Crippen LogP contribution < -0.4 is 0 Å². The minimum Gasteiger partial charge on any atom is -0.481 e. The standard InChI is InChI=1S/C21H21ClN2O4S2/c1-30(27,28)16-9-10-23-21-18(16)20(29-15-7-5-14(22)6-8-15)19-13(12-17(25)26)4-2-3-11-24(19)21/h5-10,13H,2-4,11-12H2,1H3,(H,25,26). The number of aryl methyl sites for hydroxylation is 1. The maximum absolute atomic E-state index is 12.6. The molecule has 1 atom stereocenters. The third kappa shape index (κ3) is 4.08. The highest BCUT2D eigenvalue weighted by atomic mass is 35.5. The molecule has 158 valence electrons. The van der Waals surface area contributed by atoms with E-state index in [-0.39, 0.29) is 17.2 Å². The Bertz CT molecular complexity index is 1220. The molecule has 1 aliphatic heterocycles. The number of pyridine rings is 1. The highest BCUT2D eigenvalue weighted by molar-refractivity contribution is 7.99. The van der Waals surface area contributed by atoms with Crippen LogP contribution >= 0.6 is 23.4 Å². The molecule has 0 amide bonds. The molecule has 3 heterocycles. The van der Waals surface area contributed by atoms with E-state index in [1.807, 2.05) is 16.7 Å². The second-order valence-electron chi connectivity index (χ2n) is 7.49. The summed E-state index contributed by atoms with van der Waals surface area (Å²) in [6.45, 7) is 0.684. The number of carboxylic acid groups (broad SMARTS) is 1. The molecule has 0 fully saturated rings. The second kappa shape index (κ2) is 8.24. The van der Waals surface area contributed by atoms with Gasteiger partial charge in [-0.1, -0.05) is 29.8 Å². The summed E-state index contributed by atoms with van der Waals surface area (Å²) in [4.78, 5) is 18.0. The Morgan fingerprint density at radius 2 is 2.00 bits per heavy atom.